The van der Waals surface area contributed by atoms with Gasteiger partial charge in [-0.25, -0.2) is 12.8 Å². The number of methoxy groups -OCH3 is 1. The minimum absolute atomic E-state index is 0.0266. The minimum atomic E-state index is -3.89. The van der Waals surface area contributed by atoms with Crippen LogP contribution in [0.3, 0.4) is 0 Å². The molecule has 2 N–H and O–H groups in total. The fraction of sp³-hybridized carbons (Fsp3) is 0.143. The molecule has 0 spiro atoms. The molecule has 0 heterocycles. The average Bonchev–Trinajstić information content (AvgIpc) is 2.47. The lowest BCUT2D eigenvalue weighted by Crippen LogP contribution is -2.13. The molecule has 2 aromatic rings. The Hall–Kier alpha value is -2.12. The molecule has 0 bridgehead atoms. The fourth-order valence-electron chi connectivity index (χ4n) is 1.71. The predicted molar refractivity (Wildman–Crippen MR) is 76.1 cm³/mol. The largest absolute Gasteiger partial charge is 0.494 e. The van der Waals surface area contributed by atoms with Crippen LogP contribution in [0.4, 0.5) is 10.1 Å². The number of aliphatic hydroxyl groups excluding tert-OH is 1. The summed E-state index contributed by atoms with van der Waals surface area (Å²) in [5.74, 6) is -0.780. The summed E-state index contributed by atoms with van der Waals surface area (Å²) in [4.78, 5) is -0.202. The number of nitrogens with one attached hydrogen (secondary N) is 1. The smallest absolute Gasteiger partial charge is 0.262 e. The molecule has 0 saturated carbocycles. The number of ether oxygens (including phenoxy) is 1. The molecule has 0 aliphatic rings. The highest BCUT2D eigenvalue weighted by molar-refractivity contribution is 7.92. The third-order valence-corrected chi connectivity index (χ3v) is 4.20. The highest BCUT2D eigenvalue weighted by atomic mass is 32.2. The van der Waals surface area contributed by atoms with Gasteiger partial charge in [0.05, 0.1) is 18.6 Å². The van der Waals surface area contributed by atoms with Gasteiger partial charge >= 0.3 is 0 Å². The molecule has 0 aliphatic heterocycles. The van der Waals surface area contributed by atoms with Gasteiger partial charge in [0.1, 0.15) is 0 Å². The van der Waals surface area contributed by atoms with Crippen LogP contribution in [0.25, 0.3) is 0 Å². The summed E-state index contributed by atoms with van der Waals surface area (Å²) in [6.07, 6.45) is 0. The zero-order valence-electron chi connectivity index (χ0n) is 11.2. The maximum atomic E-state index is 13.6. The molecule has 0 fully saturated rings. The van der Waals surface area contributed by atoms with Crippen LogP contribution in [0.1, 0.15) is 5.56 Å². The second-order valence-corrected chi connectivity index (χ2v) is 5.94. The normalized spacial score (nSPS) is 11.2. The van der Waals surface area contributed by atoms with E-state index in [0.717, 1.165) is 6.07 Å². The van der Waals surface area contributed by atoms with Crippen LogP contribution in [-0.2, 0) is 16.6 Å². The van der Waals surface area contributed by atoms with Gasteiger partial charge in [0.2, 0.25) is 0 Å². The van der Waals surface area contributed by atoms with Crippen molar-refractivity contribution in [1.29, 1.82) is 0 Å². The molecule has 0 unspecified atom stereocenters. The van der Waals surface area contributed by atoms with Gasteiger partial charge in [-0.05, 0) is 35.9 Å². The molecule has 0 aromatic heterocycles. The van der Waals surface area contributed by atoms with Crippen LogP contribution in [0, 0.1) is 5.82 Å². The first-order valence-electron chi connectivity index (χ1n) is 6.02. The highest BCUT2D eigenvalue weighted by Crippen LogP contribution is 2.22. The quantitative estimate of drug-likeness (QED) is 0.887. The number of halogens is 1. The maximum Gasteiger partial charge on any atom is 0.262 e. The zero-order valence-corrected chi connectivity index (χ0v) is 12.0. The van der Waals surface area contributed by atoms with Crippen molar-refractivity contribution in [2.45, 2.75) is 11.5 Å². The van der Waals surface area contributed by atoms with Crippen molar-refractivity contribution < 1.29 is 22.7 Å². The van der Waals surface area contributed by atoms with Crippen LogP contribution >= 0.6 is 0 Å². The average molecular weight is 311 g/mol. The third kappa shape index (κ3) is 3.50. The van der Waals surface area contributed by atoms with E-state index in [2.05, 4.69) is 4.72 Å². The van der Waals surface area contributed by atoms with Crippen LogP contribution < -0.4 is 9.46 Å². The van der Waals surface area contributed by atoms with E-state index in [1.807, 2.05) is 0 Å². The molecule has 0 radical (unpaired) electrons. The molecule has 5 nitrogen and oxygen atoms in total. The maximum absolute atomic E-state index is 13.6. The van der Waals surface area contributed by atoms with E-state index in [4.69, 9.17) is 9.84 Å². The summed E-state index contributed by atoms with van der Waals surface area (Å²) in [5.41, 5.74) is 0.983. The van der Waals surface area contributed by atoms with Gasteiger partial charge in [-0.15, -0.1) is 0 Å². The van der Waals surface area contributed by atoms with Gasteiger partial charge in [-0.3, -0.25) is 4.72 Å². The summed E-state index contributed by atoms with van der Waals surface area (Å²) in [6, 6.07) is 9.61. The SMILES string of the molecule is COc1ccc(S(=O)(=O)Nc2ccc(CO)cc2)cc1F. The second kappa shape index (κ2) is 6.11. The van der Waals surface area contributed by atoms with Crippen LogP contribution in [-0.4, -0.2) is 20.6 Å². The van der Waals surface area contributed by atoms with Crippen LogP contribution in [0.2, 0.25) is 0 Å². The number of benzene rings is 2. The Kier molecular flexibility index (Phi) is 4.44. The Morgan fingerprint density at radius 3 is 2.38 bits per heavy atom. The number of sulfonamides is 1. The van der Waals surface area contributed by atoms with Crippen molar-refractivity contribution in [3.05, 3.63) is 53.8 Å². The second-order valence-electron chi connectivity index (χ2n) is 4.26. The molecule has 2 rings (SSSR count). The van der Waals surface area contributed by atoms with E-state index < -0.39 is 15.8 Å². The number of hydrogen-bond donors (Lipinski definition) is 2. The standard InChI is InChI=1S/C14H14FNO4S/c1-20-14-7-6-12(8-13(14)15)21(18,19)16-11-4-2-10(9-17)3-5-11/h2-8,16-17H,9H2,1H3. The van der Waals surface area contributed by atoms with Crippen molar-refractivity contribution in [3.8, 4) is 5.75 Å². The van der Waals surface area contributed by atoms with Gasteiger partial charge in [-0.1, -0.05) is 12.1 Å². The van der Waals surface area contributed by atoms with Gasteiger partial charge < -0.3 is 9.84 Å². The van der Waals surface area contributed by atoms with E-state index in [9.17, 15) is 12.8 Å². The summed E-state index contributed by atoms with van der Waals surface area (Å²) in [7, 11) is -2.59. The van der Waals surface area contributed by atoms with Gasteiger partial charge in [0.15, 0.2) is 11.6 Å². The van der Waals surface area contributed by atoms with E-state index in [1.165, 1.54) is 31.4 Å². The van der Waals surface area contributed by atoms with E-state index in [-0.39, 0.29) is 17.3 Å². The molecule has 2 aromatic carbocycles. The monoisotopic (exact) mass is 311 g/mol. The Bertz CT molecular complexity index is 729. The summed E-state index contributed by atoms with van der Waals surface area (Å²) in [6.45, 7) is -0.128. The highest BCUT2D eigenvalue weighted by Gasteiger charge is 2.16. The first-order chi connectivity index (χ1) is 9.96. The molecule has 0 saturated heterocycles. The minimum Gasteiger partial charge on any atom is -0.494 e. The topological polar surface area (TPSA) is 75.6 Å². The Balaban J connectivity index is 2.26. The van der Waals surface area contributed by atoms with Crippen LogP contribution in [0.15, 0.2) is 47.4 Å². The van der Waals surface area contributed by atoms with Crippen molar-refractivity contribution in [1.82, 2.24) is 0 Å². The van der Waals surface area contributed by atoms with Crippen molar-refractivity contribution in [3.63, 3.8) is 0 Å². The lowest BCUT2D eigenvalue weighted by Gasteiger charge is -2.09. The lowest BCUT2D eigenvalue weighted by molar-refractivity contribution is 0.282. The van der Waals surface area contributed by atoms with Gasteiger partial charge in [-0.2, -0.15) is 0 Å². The molecule has 21 heavy (non-hydrogen) atoms. The number of anilines is 1. The van der Waals surface area contributed by atoms with E-state index in [0.29, 0.717) is 11.3 Å². The fourth-order valence-corrected chi connectivity index (χ4v) is 2.78. The van der Waals surface area contributed by atoms with Gasteiger partial charge in [0, 0.05) is 5.69 Å². The summed E-state index contributed by atoms with van der Waals surface area (Å²) < 4.78 is 44.9. The number of aliphatic hydroxyl groups is 1. The van der Waals surface area contributed by atoms with Gasteiger partial charge in [0.25, 0.3) is 10.0 Å². The Morgan fingerprint density at radius 1 is 1.19 bits per heavy atom. The van der Waals surface area contributed by atoms with Crippen molar-refractivity contribution in [2.24, 2.45) is 0 Å². The first kappa shape index (κ1) is 15.3. The third-order valence-electron chi connectivity index (χ3n) is 2.82. The molecule has 0 atom stereocenters. The summed E-state index contributed by atoms with van der Waals surface area (Å²) >= 11 is 0. The van der Waals surface area contributed by atoms with Crippen LogP contribution in [0.5, 0.6) is 5.75 Å². The molecule has 112 valence electrons. The number of hydrogen-bond acceptors (Lipinski definition) is 4. The number of rotatable bonds is 5. The Labute approximate surface area is 122 Å². The zero-order chi connectivity index (χ0) is 15.5. The van der Waals surface area contributed by atoms with E-state index >= 15 is 0 Å². The first-order valence-corrected chi connectivity index (χ1v) is 7.51. The van der Waals surface area contributed by atoms with E-state index in [1.54, 1.807) is 12.1 Å². The van der Waals surface area contributed by atoms with Crippen molar-refractivity contribution >= 4 is 15.7 Å². The Morgan fingerprint density at radius 2 is 1.86 bits per heavy atom. The molecule has 7 heteroatoms. The molecular formula is C14H14FNO4S. The summed E-state index contributed by atoms with van der Waals surface area (Å²) in [5, 5.41) is 8.93. The predicted octanol–water partition coefficient (Wildman–Crippen LogP) is 2.13. The van der Waals surface area contributed by atoms with Crippen molar-refractivity contribution in [2.75, 3.05) is 11.8 Å². The molecule has 0 amide bonds. The lowest BCUT2D eigenvalue weighted by atomic mass is 10.2. The molecular weight excluding hydrogens is 297 g/mol. The molecule has 0 aliphatic carbocycles.